The van der Waals surface area contributed by atoms with Gasteiger partial charge in [0.25, 0.3) is 10.0 Å². The zero-order valence-electron chi connectivity index (χ0n) is 11.3. The Bertz CT molecular complexity index is 702. The van der Waals surface area contributed by atoms with Crippen molar-refractivity contribution < 1.29 is 13.2 Å². The van der Waals surface area contributed by atoms with Gasteiger partial charge in [-0.15, -0.1) is 0 Å². The Morgan fingerprint density at radius 3 is 2.15 bits per heavy atom. The lowest BCUT2D eigenvalue weighted by Gasteiger charge is -2.00. The molecule has 104 valence electrons. The molecule has 0 bridgehead atoms. The van der Waals surface area contributed by atoms with Crippen molar-refractivity contribution in [1.82, 2.24) is 0 Å². The van der Waals surface area contributed by atoms with E-state index in [-0.39, 0.29) is 4.90 Å². The lowest BCUT2D eigenvalue weighted by molar-refractivity contribution is 0.415. The molecule has 20 heavy (non-hydrogen) atoms. The van der Waals surface area contributed by atoms with Crippen LogP contribution in [0.1, 0.15) is 11.1 Å². The smallest absolute Gasteiger partial charge is 0.282 e. The minimum absolute atomic E-state index is 0.188. The van der Waals surface area contributed by atoms with E-state index in [2.05, 4.69) is 4.40 Å². The third kappa shape index (κ3) is 3.45. The summed E-state index contributed by atoms with van der Waals surface area (Å²) in [6, 6.07) is 13.6. The van der Waals surface area contributed by atoms with Gasteiger partial charge in [0.1, 0.15) is 5.75 Å². The van der Waals surface area contributed by atoms with Crippen LogP contribution in [-0.4, -0.2) is 21.7 Å². The molecule has 5 heteroatoms. The topological polar surface area (TPSA) is 55.7 Å². The Labute approximate surface area is 118 Å². The third-order valence-corrected chi connectivity index (χ3v) is 4.03. The van der Waals surface area contributed by atoms with Crippen molar-refractivity contribution in [1.29, 1.82) is 0 Å². The average molecular weight is 289 g/mol. The first-order chi connectivity index (χ1) is 9.51. The fourth-order valence-corrected chi connectivity index (χ4v) is 2.45. The minimum atomic E-state index is -3.65. The van der Waals surface area contributed by atoms with Crippen molar-refractivity contribution in [2.45, 2.75) is 11.8 Å². The van der Waals surface area contributed by atoms with E-state index in [1.807, 2.05) is 6.92 Å². The van der Waals surface area contributed by atoms with E-state index >= 15 is 0 Å². The van der Waals surface area contributed by atoms with Gasteiger partial charge in [0.15, 0.2) is 0 Å². The molecule has 0 atom stereocenters. The van der Waals surface area contributed by atoms with Crippen LogP contribution in [0.15, 0.2) is 57.8 Å². The molecule has 0 aromatic heterocycles. The Morgan fingerprint density at radius 1 is 1.00 bits per heavy atom. The summed E-state index contributed by atoms with van der Waals surface area (Å²) >= 11 is 0. The molecule has 0 fully saturated rings. The molecule has 0 spiro atoms. The standard InChI is InChI=1S/C15H15NO3S/c1-12-3-9-15(10-4-12)20(17,18)16-11-13-5-7-14(19-2)8-6-13/h3-11H,1-2H3/b16-11+. The van der Waals surface area contributed by atoms with Gasteiger partial charge in [0.05, 0.1) is 12.0 Å². The number of benzene rings is 2. The number of sulfonamides is 1. The maximum Gasteiger partial charge on any atom is 0.282 e. The lowest BCUT2D eigenvalue weighted by atomic mass is 10.2. The maximum atomic E-state index is 12.0. The van der Waals surface area contributed by atoms with Gasteiger partial charge in [0.2, 0.25) is 0 Å². The second kappa shape index (κ2) is 5.88. The van der Waals surface area contributed by atoms with Crippen molar-refractivity contribution in [3.8, 4) is 5.75 Å². The van der Waals surface area contributed by atoms with E-state index in [1.54, 1.807) is 55.6 Å². The van der Waals surface area contributed by atoms with Crippen LogP contribution in [0.25, 0.3) is 0 Å². The zero-order chi connectivity index (χ0) is 14.6. The molecule has 0 unspecified atom stereocenters. The molecule has 0 saturated heterocycles. The maximum absolute atomic E-state index is 12.0. The highest BCUT2D eigenvalue weighted by Crippen LogP contribution is 2.14. The number of ether oxygens (including phenoxy) is 1. The van der Waals surface area contributed by atoms with Gasteiger partial charge in [-0.05, 0) is 48.9 Å². The summed E-state index contributed by atoms with van der Waals surface area (Å²) in [5.74, 6) is 0.712. The normalized spacial score (nSPS) is 11.7. The van der Waals surface area contributed by atoms with Crippen LogP contribution >= 0.6 is 0 Å². The molecule has 0 saturated carbocycles. The Kier molecular flexibility index (Phi) is 4.20. The quantitative estimate of drug-likeness (QED) is 0.813. The molecule has 0 amide bonds. The predicted octanol–water partition coefficient (Wildman–Crippen LogP) is 2.81. The lowest BCUT2D eigenvalue weighted by Crippen LogP contribution is -1.97. The summed E-state index contributed by atoms with van der Waals surface area (Å²) in [5.41, 5.74) is 1.70. The summed E-state index contributed by atoms with van der Waals surface area (Å²) in [7, 11) is -2.08. The van der Waals surface area contributed by atoms with Crippen LogP contribution in [0.5, 0.6) is 5.75 Å². The van der Waals surface area contributed by atoms with Gasteiger partial charge in [0, 0.05) is 6.21 Å². The van der Waals surface area contributed by atoms with E-state index in [9.17, 15) is 8.42 Å². The molecule has 2 aromatic rings. The number of aryl methyl sites for hydroxylation is 1. The van der Waals surface area contributed by atoms with Crippen molar-refractivity contribution in [3.05, 3.63) is 59.7 Å². The largest absolute Gasteiger partial charge is 0.497 e. The molecule has 0 aliphatic rings. The number of hydrogen-bond acceptors (Lipinski definition) is 3. The molecule has 4 nitrogen and oxygen atoms in total. The van der Waals surface area contributed by atoms with Crippen molar-refractivity contribution in [2.75, 3.05) is 7.11 Å². The van der Waals surface area contributed by atoms with Crippen molar-refractivity contribution >= 4 is 16.2 Å². The van der Waals surface area contributed by atoms with Crippen LogP contribution in [0.4, 0.5) is 0 Å². The SMILES string of the molecule is COc1ccc(/C=N/S(=O)(=O)c2ccc(C)cc2)cc1. The van der Waals surface area contributed by atoms with E-state index in [4.69, 9.17) is 4.74 Å². The van der Waals surface area contributed by atoms with Gasteiger partial charge in [-0.3, -0.25) is 0 Å². The summed E-state index contributed by atoms with van der Waals surface area (Å²) in [5, 5.41) is 0. The third-order valence-electron chi connectivity index (χ3n) is 2.78. The molecule has 0 heterocycles. The Hall–Kier alpha value is -2.14. The average Bonchev–Trinajstić information content (AvgIpc) is 2.46. The fourth-order valence-electron chi connectivity index (χ4n) is 1.59. The number of hydrogen-bond donors (Lipinski definition) is 0. The first-order valence-corrected chi connectivity index (χ1v) is 7.46. The summed E-state index contributed by atoms with van der Waals surface area (Å²) in [4.78, 5) is 0.188. The van der Waals surface area contributed by atoms with Crippen LogP contribution in [-0.2, 0) is 10.0 Å². The molecule has 0 aliphatic heterocycles. The van der Waals surface area contributed by atoms with E-state index in [0.29, 0.717) is 11.3 Å². The van der Waals surface area contributed by atoms with Crippen molar-refractivity contribution in [2.24, 2.45) is 4.40 Å². The van der Waals surface area contributed by atoms with Crippen LogP contribution < -0.4 is 4.74 Å². The van der Waals surface area contributed by atoms with Crippen molar-refractivity contribution in [3.63, 3.8) is 0 Å². The first-order valence-electron chi connectivity index (χ1n) is 6.02. The second-order valence-electron chi connectivity index (χ2n) is 4.30. The van der Waals surface area contributed by atoms with Crippen LogP contribution in [0.2, 0.25) is 0 Å². The van der Waals surface area contributed by atoms with Gasteiger partial charge in [-0.2, -0.15) is 12.8 Å². The molecule has 2 aromatic carbocycles. The zero-order valence-corrected chi connectivity index (χ0v) is 12.1. The highest BCUT2D eigenvalue weighted by molar-refractivity contribution is 7.90. The fraction of sp³-hybridized carbons (Fsp3) is 0.133. The Balaban J connectivity index is 2.22. The van der Waals surface area contributed by atoms with Gasteiger partial charge in [-0.25, -0.2) is 0 Å². The predicted molar refractivity (Wildman–Crippen MR) is 79.0 cm³/mol. The summed E-state index contributed by atoms with van der Waals surface area (Å²) in [6.45, 7) is 1.90. The molecule has 0 N–H and O–H groups in total. The molecular weight excluding hydrogens is 274 g/mol. The number of rotatable bonds is 4. The Morgan fingerprint density at radius 2 is 1.60 bits per heavy atom. The van der Waals surface area contributed by atoms with E-state index in [1.165, 1.54) is 6.21 Å². The molecule has 2 rings (SSSR count). The van der Waals surface area contributed by atoms with E-state index in [0.717, 1.165) is 5.56 Å². The summed E-state index contributed by atoms with van der Waals surface area (Å²) < 4.78 is 32.8. The highest BCUT2D eigenvalue weighted by atomic mass is 32.2. The molecular formula is C15H15NO3S. The first kappa shape index (κ1) is 14.3. The summed E-state index contributed by atoms with van der Waals surface area (Å²) in [6.07, 6.45) is 1.33. The number of nitrogens with zero attached hydrogens (tertiary/aromatic N) is 1. The number of methoxy groups -OCH3 is 1. The van der Waals surface area contributed by atoms with Gasteiger partial charge < -0.3 is 4.74 Å². The molecule has 0 aliphatic carbocycles. The van der Waals surface area contributed by atoms with E-state index < -0.39 is 10.0 Å². The van der Waals surface area contributed by atoms with Gasteiger partial charge >= 0.3 is 0 Å². The minimum Gasteiger partial charge on any atom is -0.497 e. The highest BCUT2D eigenvalue weighted by Gasteiger charge is 2.10. The second-order valence-corrected chi connectivity index (χ2v) is 5.93. The molecule has 0 radical (unpaired) electrons. The van der Waals surface area contributed by atoms with Gasteiger partial charge in [-0.1, -0.05) is 17.7 Å². The van der Waals surface area contributed by atoms with Crippen LogP contribution in [0.3, 0.4) is 0 Å². The van der Waals surface area contributed by atoms with Crippen LogP contribution in [0, 0.1) is 6.92 Å². The monoisotopic (exact) mass is 289 g/mol.